The van der Waals surface area contributed by atoms with E-state index >= 15 is 0 Å². The lowest BCUT2D eigenvalue weighted by molar-refractivity contribution is 0.259. The van der Waals surface area contributed by atoms with Crippen LogP contribution >= 0.6 is 0 Å². The summed E-state index contributed by atoms with van der Waals surface area (Å²) in [5.74, 6) is 0.779. The Labute approximate surface area is 169 Å². The minimum atomic E-state index is -0.581. The van der Waals surface area contributed by atoms with E-state index in [2.05, 4.69) is 52.9 Å². The number of nitrogens with zero attached hydrogens (tertiary/aromatic N) is 3. The second-order valence-electron chi connectivity index (χ2n) is 7.18. The molecule has 0 atom stereocenters. The summed E-state index contributed by atoms with van der Waals surface area (Å²) in [5.41, 5.74) is 12.9. The van der Waals surface area contributed by atoms with Crippen LogP contribution in [0, 0.1) is 13.8 Å². The molecule has 0 fully saturated rings. The van der Waals surface area contributed by atoms with Crippen LogP contribution in [0.15, 0.2) is 42.6 Å². The van der Waals surface area contributed by atoms with E-state index in [4.69, 9.17) is 10.7 Å². The monoisotopic (exact) mass is 388 g/mol. The van der Waals surface area contributed by atoms with Crippen molar-refractivity contribution < 1.29 is 4.79 Å². The third-order valence-corrected chi connectivity index (χ3v) is 5.03. The van der Waals surface area contributed by atoms with Crippen LogP contribution in [-0.2, 0) is 0 Å². The summed E-state index contributed by atoms with van der Waals surface area (Å²) < 4.78 is 2.14. The Morgan fingerprint density at radius 1 is 1.14 bits per heavy atom. The highest BCUT2D eigenvalue weighted by atomic mass is 16.2. The van der Waals surface area contributed by atoms with Crippen LogP contribution in [0.3, 0.4) is 0 Å². The molecule has 7 nitrogen and oxygen atoms in total. The molecule has 0 aliphatic rings. The van der Waals surface area contributed by atoms with Crippen molar-refractivity contribution in [1.82, 2.24) is 14.4 Å². The van der Waals surface area contributed by atoms with Gasteiger partial charge in [0, 0.05) is 17.8 Å². The maximum Gasteiger partial charge on any atom is 0.316 e. The van der Waals surface area contributed by atoms with Crippen LogP contribution in [0.1, 0.15) is 24.5 Å². The fourth-order valence-electron chi connectivity index (χ4n) is 3.42. The molecule has 4 N–H and O–H groups in total. The van der Waals surface area contributed by atoms with Crippen molar-refractivity contribution >= 4 is 34.2 Å². The number of nitrogens with two attached hydrogens (primary N) is 1. The van der Waals surface area contributed by atoms with Crippen molar-refractivity contribution in [1.29, 1.82) is 0 Å². The molecular formula is C22H24N6O. The van der Waals surface area contributed by atoms with Gasteiger partial charge >= 0.3 is 6.03 Å². The van der Waals surface area contributed by atoms with E-state index in [1.54, 1.807) is 0 Å². The molecule has 0 spiro atoms. The standard InChI is InChI=1S/C22H24N6O/c1-4-9-24-20-21-25-12-19(15-5-7-16(8-6-15)26-22(23)29)28(21)18-11-14(3)13(2)10-17(18)27-20/h5-8,10-12H,4,9H2,1-3H3,(H,24,27)(H3,23,26,29). The Bertz CT molecular complexity index is 1210. The number of carbonyl (C=O) groups excluding carboxylic acids is 1. The van der Waals surface area contributed by atoms with Gasteiger partial charge in [0.05, 0.1) is 22.9 Å². The van der Waals surface area contributed by atoms with E-state index in [-0.39, 0.29) is 0 Å². The highest BCUT2D eigenvalue weighted by molar-refractivity contribution is 5.89. The van der Waals surface area contributed by atoms with Crippen LogP contribution in [0.5, 0.6) is 0 Å². The summed E-state index contributed by atoms with van der Waals surface area (Å²) in [6.45, 7) is 7.15. The number of primary amides is 1. The van der Waals surface area contributed by atoms with Gasteiger partial charge in [0.15, 0.2) is 11.5 Å². The lowest BCUT2D eigenvalue weighted by Crippen LogP contribution is -2.19. The van der Waals surface area contributed by atoms with E-state index in [1.165, 1.54) is 11.1 Å². The summed E-state index contributed by atoms with van der Waals surface area (Å²) in [7, 11) is 0. The maximum absolute atomic E-state index is 11.1. The van der Waals surface area contributed by atoms with E-state index in [9.17, 15) is 4.79 Å². The molecular weight excluding hydrogens is 364 g/mol. The normalized spacial score (nSPS) is 11.1. The molecule has 0 saturated carbocycles. The second kappa shape index (κ2) is 7.43. The topological polar surface area (TPSA) is 97.3 Å². The molecule has 2 aromatic carbocycles. The summed E-state index contributed by atoms with van der Waals surface area (Å²) in [6, 6.07) is 11.2. The number of aromatic nitrogens is 3. The summed E-state index contributed by atoms with van der Waals surface area (Å²) in [4.78, 5) is 20.6. The van der Waals surface area contributed by atoms with Gasteiger partial charge in [-0.25, -0.2) is 14.8 Å². The van der Waals surface area contributed by atoms with Gasteiger partial charge in [-0.3, -0.25) is 4.40 Å². The predicted molar refractivity (Wildman–Crippen MR) is 117 cm³/mol. The fraction of sp³-hybridized carbons (Fsp3) is 0.227. The molecule has 2 heterocycles. The second-order valence-corrected chi connectivity index (χ2v) is 7.18. The fourth-order valence-corrected chi connectivity index (χ4v) is 3.42. The molecule has 0 unspecified atom stereocenters. The van der Waals surface area contributed by atoms with E-state index in [1.807, 2.05) is 30.5 Å². The molecule has 7 heteroatoms. The first-order chi connectivity index (χ1) is 14.0. The molecule has 148 valence electrons. The number of rotatable bonds is 5. The number of benzene rings is 2. The average molecular weight is 388 g/mol. The largest absolute Gasteiger partial charge is 0.367 e. The van der Waals surface area contributed by atoms with Crippen molar-refractivity contribution in [2.24, 2.45) is 5.73 Å². The number of carbonyl (C=O) groups is 1. The lowest BCUT2D eigenvalue weighted by atomic mass is 10.1. The van der Waals surface area contributed by atoms with Gasteiger partial charge in [0.2, 0.25) is 0 Å². The summed E-state index contributed by atoms with van der Waals surface area (Å²) in [6.07, 6.45) is 2.86. The van der Waals surface area contributed by atoms with Crippen molar-refractivity contribution in [3.05, 3.63) is 53.7 Å². The van der Waals surface area contributed by atoms with Gasteiger partial charge in [-0.05, 0) is 55.7 Å². The number of imidazole rings is 1. The van der Waals surface area contributed by atoms with Gasteiger partial charge in [0.1, 0.15) is 0 Å². The van der Waals surface area contributed by atoms with Crippen molar-refractivity contribution in [3.63, 3.8) is 0 Å². The van der Waals surface area contributed by atoms with E-state index < -0.39 is 6.03 Å². The number of urea groups is 1. The number of amides is 2. The molecule has 0 bridgehead atoms. The number of fused-ring (bicyclic) bond motifs is 3. The van der Waals surface area contributed by atoms with Gasteiger partial charge < -0.3 is 16.4 Å². The van der Waals surface area contributed by atoms with Crippen molar-refractivity contribution in [2.75, 3.05) is 17.2 Å². The SMILES string of the molecule is CCCNc1nc2cc(C)c(C)cc2n2c(-c3ccc(NC(N)=O)cc3)cnc12. The van der Waals surface area contributed by atoms with Crippen LogP contribution in [0.2, 0.25) is 0 Å². The summed E-state index contributed by atoms with van der Waals surface area (Å²) >= 11 is 0. The van der Waals surface area contributed by atoms with E-state index in [0.29, 0.717) is 5.69 Å². The van der Waals surface area contributed by atoms with E-state index in [0.717, 1.165) is 46.7 Å². The number of hydrogen-bond acceptors (Lipinski definition) is 4. The number of hydrogen-bond donors (Lipinski definition) is 3. The minimum Gasteiger partial charge on any atom is -0.367 e. The molecule has 4 aromatic rings. The molecule has 29 heavy (non-hydrogen) atoms. The number of nitrogens with one attached hydrogen (secondary N) is 2. The van der Waals surface area contributed by atoms with Crippen LogP contribution in [0.25, 0.3) is 27.9 Å². The molecule has 2 aromatic heterocycles. The molecule has 0 saturated heterocycles. The first-order valence-corrected chi connectivity index (χ1v) is 9.67. The first kappa shape index (κ1) is 18.7. The van der Waals surface area contributed by atoms with Crippen LogP contribution in [-0.4, -0.2) is 26.9 Å². The third-order valence-electron chi connectivity index (χ3n) is 5.03. The quantitative estimate of drug-likeness (QED) is 0.469. The van der Waals surface area contributed by atoms with Gasteiger partial charge in [-0.2, -0.15) is 0 Å². The van der Waals surface area contributed by atoms with Crippen molar-refractivity contribution in [2.45, 2.75) is 27.2 Å². The number of aryl methyl sites for hydroxylation is 2. The molecule has 4 rings (SSSR count). The maximum atomic E-state index is 11.1. The molecule has 0 aliphatic carbocycles. The smallest absolute Gasteiger partial charge is 0.316 e. The zero-order chi connectivity index (χ0) is 20.5. The Morgan fingerprint density at radius 3 is 2.55 bits per heavy atom. The minimum absolute atomic E-state index is 0.581. The Morgan fingerprint density at radius 2 is 1.86 bits per heavy atom. The third kappa shape index (κ3) is 3.47. The molecule has 0 radical (unpaired) electrons. The Balaban J connectivity index is 1.94. The first-order valence-electron chi connectivity index (χ1n) is 9.67. The van der Waals surface area contributed by atoms with Crippen molar-refractivity contribution in [3.8, 4) is 11.3 Å². The molecule has 0 aliphatic heterocycles. The lowest BCUT2D eigenvalue weighted by Gasteiger charge is -2.13. The van der Waals surface area contributed by atoms with Crippen LogP contribution in [0.4, 0.5) is 16.3 Å². The van der Waals surface area contributed by atoms with Gasteiger partial charge in [-0.15, -0.1) is 0 Å². The predicted octanol–water partition coefficient (Wildman–Crippen LogP) is 4.48. The zero-order valence-corrected chi connectivity index (χ0v) is 16.8. The average Bonchev–Trinajstić information content (AvgIpc) is 3.13. The Kier molecular flexibility index (Phi) is 4.80. The Hall–Kier alpha value is -3.61. The highest BCUT2D eigenvalue weighted by Crippen LogP contribution is 2.30. The zero-order valence-electron chi connectivity index (χ0n) is 16.8. The van der Waals surface area contributed by atoms with Gasteiger partial charge in [-0.1, -0.05) is 19.1 Å². The molecule has 2 amide bonds. The van der Waals surface area contributed by atoms with Crippen LogP contribution < -0.4 is 16.4 Å². The van der Waals surface area contributed by atoms with Gasteiger partial charge in [0.25, 0.3) is 0 Å². The summed E-state index contributed by atoms with van der Waals surface area (Å²) in [5, 5.41) is 5.99. The number of anilines is 2. The highest BCUT2D eigenvalue weighted by Gasteiger charge is 2.15.